The normalized spacial score (nSPS) is 19.3. The molecule has 1 saturated heterocycles. The molecule has 0 spiro atoms. The number of amides is 1. The molecule has 1 unspecified atom stereocenters. The highest BCUT2D eigenvalue weighted by Crippen LogP contribution is 2.16. The molecule has 0 aliphatic carbocycles. The van der Waals surface area contributed by atoms with Gasteiger partial charge in [0.25, 0.3) is 0 Å². The van der Waals surface area contributed by atoms with Crippen LogP contribution in [0.5, 0.6) is 0 Å². The molecule has 5 nitrogen and oxygen atoms in total. The third kappa shape index (κ3) is 8.53. The van der Waals surface area contributed by atoms with E-state index in [1.54, 1.807) is 12.0 Å². The first kappa shape index (κ1) is 18.6. The third-order valence-electron chi connectivity index (χ3n) is 3.19. The Morgan fingerprint density at radius 1 is 1.38 bits per heavy atom. The van der Waals surface area contributed by atoms with Gasteiger partial charge in [-0.3, -0.25) is 0 Å². The summed E-state index contributed by atoms with van der Waals surface area (Å²) in [6.07, 6.45) is 2.25. The number of carbonyl (C=O) groups is 1. The number of hydrogen-bond donors (Lipinski definition) is 1. The first-order chi connectivity index (χ1) is 9.92. The van der Waals surface area contributed by atoms with Gasteiger partial charge < -0.3 is 19.7 Å². The Morgan fingerprint density at radius 2 is 2.14 bits per heavy atom. The molecule has 1 heterocycles. The lowest BCUT2D eigenvalue weighted by molar-refractivity contribution is 0.0203. The molecule has 1 fully saturated rings. The smallest absolute Gasteiger partial charge is 0.410 e. The number of thioether (sulfide) groups is 1. The van der Waals surface area contributed by atoms with Gasteiger partial charge in [-0.25, -0.2) is 4.79 Å². The van der Waals surface area contributed by atoms with Crippen molar-refractivity contribution in [3.05, 3.63) is 0 Å². The summed E-state index contributed by atoms with van der Waals surface area (Å²) in [5.41, 5.74) is -0.462. The standard InChI is InChI=1S/C15H30N2O3S/c1-15(2,3)20-14(18)17(9-10-19-4)8-7-16-13-6-5-11-21-12-13/h13,16H,5-12H2,1-4H3. The summed E-state index contributed by atoms with van der Waals surface area (Å²) < 4.78 is 10.5. The summed E-state index contributed by atoms with van der Waals surface area (Å²) in [4.78, 5) is 13.9. The van der Waals surface area contributed by atoms with Crippen molar-refractivity contribution in [1.29, 1.82) is 0 Å². The maximum absolute atomic E-state index is 12.2. The van der Waals surface area contributed by atoms with Crippen molar-refractivity contribution in [2.45, 2.75) is 45.3 Å². The van der Waals surface area contributed by atoms with Crippen LogP contribution in [0.4, 0.5) is 4.79 Å². The van der Waals surface area contributed by atoms with E-state index < -0.39 is 5.60 Å². The minimum atomic E-state index is -0.462. The maximum Gasteiger partial charge on any atom is 0.410 e. The first-order valence-electron chi connectivity index (χ1n) is 7.70. The van der Waals surface area contributed by atoms with E-state index >= 15 is 0 Å². The van der Waals surface area contributed by atoms with Crippen LogP contribution in [0.2, 0.25) is 0 Å². The van der Waals surface area contributed by atoms with Crippen LogP contribution in [-0.2, 0) is 9.47 Å². The highest BCUT2D eigenvalue weighted by atomic mass is 32.2. The second kappa shape index (κ2) is 9.54. The van der Waals surface area contributed by atoms with Crippen LogP contribution >= 0.6 is 11.8 Å². The zero-order chi connectivity index (χ0) is 15.7. The van der Waals surface area contributed by atoms with E-state index in [-0.39, 0.29) is 6.09 Å². The number of ether oxygens (including phenoxy) is 2. The molecule has 0 bridgehead atoms. The summed E-state index contributed by atoms with van der Waals surface area (Å²) in [6.45, 7) is 8.20. The summed E-state index contributed by atoms with van der Waals surface area (Å²) in [5, 5.41) is 3.54. The van der Waals surface area contributed by atoms with Crippen LogP contribution in [0.15, 0.2) is 0 Å². The topological polar surface area (TPSA) is 50.8 Å². The number of hydrogen-bond acceptors (Lipinski definition) is 5. The number of methoxy groups -OCH3 is 1. The van der Waals surface area contributed by atoms with Gasteiger partial charge in [-0.15, -0.1) is 0 Å². The summed E-state index contributed by atoms with van der Waals surface area (Å²) in [7, 11) is 1.64. The third-order valence-corrected chi connectivity index (χ3v) is 4.41. The molecule has 1 N–H and O–H groups in total. The fourth-order valence-corrected chi connectivity index (χ4v) is 3.23. The van der Waals surface area contributed by atoms with Gasteiger partial charge in [-0.2, -0.15) is 11.8 Å². The van der Waals surface area contributed by atoms with Gasteiger partial charge in [-0.05, 0) is 39.4 Å². The first-order valence-corrected chi connectivity index (χ1v) is 8.86. The molecule has 1 aliphatic heterocycles. The summed E-state index contributed by atoms with van der Waals surface area (Å²) in [6, 6.07) is 0.576. The van der Waals surface area contributed by atoms with Crippen molar-refractivity contribution in [2.75, 3.05) is 44.9 Å². The van der Waals surface area contributed by atoms with Crippen LogP contribution in [0.1, 0.15) is 33.6 Å². The van der Waals surface area contributed by atoms with Crippen molar-refractivity contribution in [3.63, 3.8) is 0 Å². The van der Waals surface area contributed by atoms with E-state index in [9.17, 15) is 4.79 Å². The molecule has 21 heavy (non-hydrogen) atoms. The molecule has 1 rings (SSSR count). The predicted octanol–water partition coefficient (Wildman–Crippen LogP) is 2.36. The molecular weight excluding hydrogens is 288 g/mol. The zero-order valence-corrected chi connectivity index (χ0v) is 14.6. The van der Waals surface area contributed by atoms with E-state index in [4.69, 9.17) is 9.47 Å². The Kier molecular flexibility index (Phi) is 8.44. The van der Waals surface area contributed by atoms with E-state index in [2.05, 4.69) is 5.32 Å². The quantitative estimate of drug-likeness (QED) is 0.781. The molecule has 124 valence electrons. The number of rotatable bonds is 7. The molecule has 0 aromatic heterocycles. The largest absolute Gasteiger partial charge is 0.444 e. The average Bonchev–Trinajstić information content (AvgIpc) is 2.41. The Bertz CT molecular complexity index is 302. The highest BCUT2D eigenvalue weighted by Gasteiger charge is 2.22. The second-order valence-electron chi connectivity index (χ2n) is 6.33. The Hall–Kier alpha value is -0.460. The van der Waals surface area contributed by atoms with E-state index in [1.807, 2.05) is 32.5 Å². The van der Waals surface area contributed by atoms with Gasteiger partial charge in [0.15, 0.2) is 0 Å². The van der Waals surface area contributed by atoms with Crippen LogP contribution in [-0.4, -0.2) is 67.5 Å². The number of nitrogens with zero attached hydrogens (tertiary/aromatic N) is 1. The Morgan fingerprint density at radius 3 is 2.71 bits per heavy atom. The fraction of sp³-hybridized carbons (Fsp3) is 0.933. The van der Waals surface area contributed by atoms with Crippen molar-refractivity contribution in [2.24, 2.45) is 0 Å². The molecule has 6 heteroatoms. The van der Waals surface area contributed by atoms with Gasteiger partial charge in [0.2, 0.25) is 0 Å². The fourth-order valence-electron chi connectivity index (χ4n) is 2.13. The minimum Gasteiger partial charge on any atom is -0.444 e. The molecule has 0 saturated carbocycles. The van der Waals surface area contributed by atoms with Crippen LogP contribution in [0, 0.1) is 0 Å². The number of carbonyl (C=O) groups excluding carboxylic acids is 1. The van der Waals surface area contributed by atoms with Gasteiger partial charge >= 0.3 is 6.09 Å². The van der Waals surface area contributed by atoms with Gasteiger partial charge in [0, 0.05) is 38.5 Å². The Labute approximate surface area is 133 Å². The van der Waals surface area contributed by atoms with Crippen LogP contribution in [0.25, 0.3) is 0 Å². The van der Waals surface area contributed by atoms with Gasteiger partial charge in [-0.1, -0.05) is 0 Å². The molecule has 0 aromatic carbocycles. The molecular formula is C15H30N2O3S. The molecule has 0 radical (unpaired) electrons. The molecule has 1 aliphatic rings. The number of nitrogens with one attached hydrogen (secondary N) is 1. The monoisotopic (exact) mass is 318 g/mol. The highest BCUT2D eigenvalue weighted by molar-refractivity contribution is 7.99. The Balaban J connectivity index is 2.35. The van der Waals surface area contributed by atoms with E-state index in [0.717, 1.165) is 6.54 Å². The lowest BCUT2D eigenvalue weighted by Gasteiger charge is -2.28. The lowest BCUT2D eigenvalue weighted by atomic mass is 10.2. The second-order valence-corrected chi connectivity index (χ2v) is 7.48. The zero-order valence-electron chi connectivity index (χ0n) is 13.8. The predicted molar refractivity (Wildman–Crippen MR) is 88.0 cm³/mol. The van der Waals surface area contributed by atoms with Gasteiger partial charge in [0.05, 0.1) is 6.61 Å². The van der Waals surface area contributed by atoms with E-state index in [0.29, 0.717) is 25.7 Å². The van der Waals surface area contributed by atoms with Crippen molar-refractivity contribution in [1.82, 2.24) is 10.2 Å². The van der Waals surface area contributed by atoms with E-state index in [1.165, 1.54) is 24.3 Å². The summed E-state index contributed by atoms with van der Waals surface area (Å²) >= 11 is 2.00. The van der Waals surface area contributed by atoms with Crippen LogP contribution in [0.3, 0.4) is 0 Å². The van der Waals surface area contributed by atoms with Gasteiger partial charge in [0.1, 0.15) is 5.60 Å². The minimum absolute atomic E-state index is 0.264. The molecule has 1 amide bonds. The van der Waals surface area contributed by atoms with Crippen molar-refractivity contribution < 1.29 is 14.3 Å². The molecule has 0 aromatic rings. The average molecular weight is 318 g/mol. The van der Waals surface area contributed by atoms with Crippen molar-refractivity contribution >= 4 is 17.9 Å². The summed E-state index contributed by atoms with van der Waals surface area (Å²) in [5.74, 6) is 2.45. The maximum atomic E-state index is 12.2. The van der Waals surface area contributed by atoms with Crippen LogP contribution < -0.4 is 5.32 Å². The SMILES string of the molecule is COCCN(CCNC1CCCSC1)C(=O)OC(C)(C)C. The van der Waals surface area contributed by atoms with Crippen molar-refractivity contribution in [3.8, 4) is 0 Å². The lowest BCUT2D eigenvalue weighted by Crippen LogP contribution is -2.44. The molecule has 1 atom stereocenters.